The zero-order chi connectivity index (χ0) is 14.8. The van der Waals surface area contributed by atoms with Gasteiger partial charge in [-0.25, -0.2) is 4.68 Å². The lowest BCUT2D eigenvalue weighted by Gasteiger charge is -2.18. The van der Waals surface area contributed by atoms with E-state index < -0.39 is 0 Å². The molecule has 0 spiro atoms. The van der Waals surface area contributed by atoms with Crippen molar-refractivity contribution in [3.63, 3.8) is 0 Å². The standard InChI is InChI=1S/C11H15ClN8S/c1-3-19(4-2)9-13-8(12)14-10(15-9)21-11-16-17-18-20(11)7-5-6-7/h7H,3-6H2,1-2H3. The van der Waals surface area contributed by atoms with Crippen LogP contribution in [-0.4, -0.2) is 48.2 Å². The summed E-state index contributed by atoms with van der Waals surface area (Å²) in [5.74, 6) is 0.577. The van der Waals surface area contributed by atoms with E-state index in [0.29, 0.717) is 22.3 Å². The van der Waals surface area contributed by atoms with Crippen molar-refractivity contribution < 1.29 is 0 Å². The molecule has 2 aromatic rings. The van der Waals surface area contributed by atoms with Gasteiger partial charge in [0.25, 0.3) is 0 Å². The quantitative estimate of drug-likeness (QED) is 0.795. The lowest BCUT2D eigenvalue weighted by atomic mass is 10.5. The lowest BCUT2D eigenvalue weighted by Crippen LogP contribution is -2.24. The third-order valence-corrected chi connectivity index (χ3v) is 4.15. The highest BCUT2D eigenvalue weighted by Crippen LogP contribution is 2.37. The van der Waals surface area contributed by atoms with Crippen molar-refractivity contribution in [2.45, 2.75) is 43.0 Å². The van der Waals surface area contributed by atoms with Crippen molar-refractivity contribution in [3.8, 4) is 0 Å². The summed E-state index contributed by atoms with van der Waals surface area (Å²) >= 11 is 7.31. The highest BCUT2D eigenvalue weighted by atomic mass is 35.5. The molecule has 0 aromatic carbocycles. The number of rotatable bonds is 6. The molecule has 0 amide bonds. The Morgan fingerprint density at radius 3 is 2.67 bits per heavy atom. The molecule has 0 saturated heterocycles. The Balaban J connectivity index is 1.86. The maximum Gasteiger partial charge on any atom is 0.230 e. The van der Waals surface area contributed by atoms with E-state index in [-0.39, 0.29) is 5.28 Å². The van der Waals surface area contributed by atoms with Crippen LogP contribution in [0.4, 0.5) is 5.95 Å². The first kappa shape index (κ1) is 14.5. The van der Waals surface area contributed by atoms with Gasteiger partial charge < -0.3 is 4.90 Å². The van der Waals surface area contributed by atoms with E-state index in [9.17, 15) is 0 Å². The molecule has 21 heavy (non-hydrogen) atoms. The minimum atomic E-state index is 0.180. The summed E-state index contributed by atoms with van der Waals surface area (Å²) in [6.45, 7) is 5.70. The van der Waals surface area contributed by atoms with Gasteiger partial charge in [0.15, 0.2) is 0 Å². The Bertz CT molecular complexity index is 624. The van der Waals surface area contributed by atoms with Crippen molar-refractivity contribution >= 4 is 29.3 Å². The summed E-state index contributed by atoms with van der Waals surface area (Å²) < 4.78 is 1.82. The molecular weight excluding hydrogens is 312 g/mol. The molecule has 2 aromatic heterocycles. The zero-order valence-corrected chi connectivity index (χ0v) is 13.3. The number of halogens is 1. The monoisotopic (exact) mass is 326 g/mol. The molecule has 1 fully saturated rings. The Kier molecular flexibility index (Phi) is 4.20. The van der Waals surface area contributed by atoms with E-state index in [1.54, 1.807) is 0 Å². The van der Waals surface area contributed by atoms with E-state index >= 15 is 0 Å². The number of nitrogens with zero attached hydrogens (tertiary/aromatic N) is 8. The Hall–Kier alpha value is -1.48. The van der Waals surface area contributed by atoms with Crippen LogP contribution in [0, 0.1) is 0 Å². The zero-order valence-electron chi connectivity index (χ0n) is 11.8. The molecule has 0 N–H and O–H groups in total. The first-order valence-corrected chi connectivity index (χ1v) is 8.03. The van der Waals surface area contributed by atoms with Gasteiger partial charge in [-0.05, 0) is 60.5 Å². The topological polar surface area (TPSA) is 85.5 Å². The van der Waals surface area contributed by atoms with E-state index in [0.717, 1.165) is 25.9 Å². The van der Waals surface area contributed by atoms with Gasteiger partial charge >= 0.3 is 0 Å². The van der Waals surface area contributed by atoms with E-state index in [1.165, 1.54) is 11.8 Å². The van der Waals surface area contributed by atoms with Gasteiger partial charge in [0.05, 0.1) is 6.04 Å². The van der Waals surface area contributed by atoms with Gasteiger partial charge in [0, 0.05) is 13.1 Å². The molecule has 0 atom stereocenters. The van der Waals surface area contributed by atoms with Crippen molar-refractivity contribution in [2.24, 2.45) is 0 Å². The van der Waals surface area contributed by atoms with E-state index in [4.69, 9.17) is 11.6 Å². The molecule has 1 saturated carbocycles. The third-order valence-electron chi connectivity index (χ3n) is 3.16. The molecule has 0 radical (unpaired) electrons. The van der Waals surface area contributed by atoms with Crippen LogP contribution in [0.5, 0.6) is 0 Å². The summed E-state index contributed by atoms with van der Waals surface area (Å²) in [5.41, 5.74) is 0. The first-order valence-electron chi connectivity index (χ1n) is 6.83. The van der Waals surface area contributed by atoms with Crippen molar-refractivity contribution in [1.29, 1.82) is 0 Å². The summed E-state index contributed by atoms with van der Waals surface area (Å²) in [4.78, 5) is 14.8. The molecule has 1 aliphatic carbocycles. The highest BCUT2D eigenvalue weighted by Gasteiger charge is 2.28. The second-order valence-corrected chi connectivity index (χ2v) is 5.87. The van der Waals surface area contributed by atoms with Crippen LogP contribution in [0.15, 0.2) is 10.3 Å². The SMILES string of the molecule is CCN(CC)c1nc(Cl)nc(Sc2nnnn2C2CC2)n1. The number of aromatic nitrogens is 7. The van der Waals surface area contributed by atoms with Gasteiger partial charge in [-0.15, -0.1) is 5.10 Å². The minimum absolute atomic E-state index is 0.180. The van der Waals surface area contributed by atoms with Crippen LogP contribution in [0.1, 0.15) is 32.7 Å². The fourth-order valence-electron chi connectivity index (χ4n) is 1.90. The molecule has 8 nitrogen and oxygen atoms in total. The molecule has 3 rings (SSSR count). The lowest BCUT2D eigenvalue weighted by molar-refractivity contribution is 0.565. The van der Waals surface area contributed by atoms with E-state index in [1.807, 2.05) is 23.4 Å². The first-order chi connectivity index (χ1) is 10.2. The molecule has 0 aliphatic heterocycles. The maximum atomic E-state index is 6.00. The molecule has 112 valence electrons. The highest BCUT2D eigenvalue weighted by molar-refractivity contribution is 7.99. The number of hydrogen-bond donors (Lipinski definition) is 0. The number of tetrazole rings is 1. The van der Waals surface area contributed by atoms with Crippen molar-refractivity contribution in [1.82, 2.24) is 35.2 Å². The normalized spacial score (nSPS) is 14.4. The summed E-state index contributed by atoms with van der Waals surface area (Å²) in [6, 6.07) is 0.405. The Morgan fingerprint density at radius 2 is 2.00 bits per heavy atom. The third kappa shape index (κ3) is 3.24. The predicted octanol–water partition coefficient (Wildman–Crippen LogP) is 1.84. The molecule has 10 heteroatoms. The largest absolute Gasteiger partial charge is 0.341 e. The molecule has 0 unspecified atom stereocenters. The minimum Gasteiger partial charge on any atom is -0.341 e. The van der Waals surface area contributed by atoms with Gasteiger partial charge in [-0.2, -0.15) is 15.0 Å². The predicted molar refractivity (Wildman–Crippen MR) is 78.6 cm³/mol. The number of hydrogen-bond acceptors (Lipinski definition) is 8. The molecule has 1 aliphatic rings. The summed E-state index contributed by atoms with van der Waals surface area (Å²) in [6.07, 6.45) is 2.22. The average Bonchev–Trinajstić information content (AvgIpc) is 3.20. The smallest absolute Gasteiger partial charge is 0.230 e. The molecule has 0 bridgehead atoms. The molecule has 2 heterocycles. The molecular formula is C11H15ClN8S. The van der Waals surface area contributed by atoms with Gasteiger partial charge in [0.2, 0.25) is 21.5 Å². The maximum absolute atomic E-state index is 6.00. The second-order valence-electron chi connectivity index (χ2n) is 4.60. The van der Waals surface area contributed by atoms with Crippen LogP contribution in [0.2, 0.25) is 5.28 Å². The second kappa shape index (κ2) is 6.10. The van der Waals surface area contributed by atoms with Crippen LogP contribution in [0.3, 0.4) is 0 Å². The van der Waals surface area contributed by atoms with Crippen LogP contribution in [0.25, 0.3) is 0 Å². The van der Waals surface area contributed by atoms with Crippen molar-refractivity contribution in [2.75, 3.05) is 18.0 Å². The number of anilines is 1. The Labute approximate surface area is 131 Å². The summed E-state index contributed by atoms with van der Waals surface area (Å²) in [5, 5.41) is 13.1. The fourth-order valence-corrected chi connectivity index (χ4v) is 2.88. The fraction of sp³-hybridized carbons (Fsp3) is 0.636. The summed E-state index contributed by atoms with van der Waals surface area (Å²) in [7, 11) is 0. The van der Waals surface area contributed by atoms with Crippen LogP contribution < -0.4 is 4.90 Å². The Morgan fingerprint density at radius 1 is 1.24 bits per heavy atom. The van der Waals surface area contributed by atoms with Gasteiger partial charge in [-0.1, -0.05) is 0 Å². The van der Waals surface area contributed by atoms with Crippen LogP contribution in [-0.2, 0) is 0 Å². The van der Waals surface area contributed by atoms with Crippen molar-refractivity contribution in [3.05, 3.63) is 5.28 Å². The average molecular weight is 327 g/mol. The van der Waals surface area contributed by atoms with Gasteiger partial charge in [-0.3, -0.25) is 0 Å². The van der Waals surface area contributed by atoms with Gasteiger partial charge in [0.1, 0.15) is 0 Å². The van der Waals surface area contributed by atoms with E-state index in [2.05, 4.69) is 30.5 Å². The van der Waals surface area contributed by atoms with Crippen LogP contribution >= 0.6 is 23.4 Å².